The largest absolute Gasteiger partial charge is 0.494 e. The van der Waals surface area contributed by atoms with E-state index in [0.717, 1.165) is 28.0 Å². The van der Waals surface area contributed by atoms with Crippen LogP contribution in [0.3, 0.4) is 0 Å². The maximum atomic E-state index is 13.7. The summed E-state index contributed by atoms with van der Waals surface area (Å²) in [5, 5.41) is 1.65. The van der Waals surface area contributed by atoms with Gasteiger partial charge in [0, 0.05) is 34.8 Å². The summed E-state index contributed by atoms with van der Waals surface area (Å²) >= 11 is 3.35. The van der Waals surface area contributed by atoms with Crippen molar-refractivity contribution in [3.05, 3.63) is 95.7 Å². The molecule has 0 unspecified atom stereocenters. The third-order valence-corrected chi connectivity index (χ3v) is 7.56. The molecule has 1 aliphatic rings. The fraction of sp³-hybridized carbons (Fsp3) is 0.185. The third kappa shape index (κ3) is 4.72. The molecule has 1 fully saturated rings. The molecule has 0 bridgehead atoms. The van der Waals surface area contributed by atoms with Gasteiger partial charge < -0.3 is 9.15 Å². The van der Waals surface area contributed by atoms with Gasteiger partial charge in [-0.1, -0.05) is 72.4 Å². The van der Waals surface area contributed by atoms with Gasteiger partial charge in [0.1, 0.15) is 17.0 Å². The van der Waals surface area contributed by atoms with Crippen LogP contribution in [0, 0.1) is 0 Å². The lowest BCUT2D eigenvalue weighted by Crippen LogP contribution is -2.32. The molecule has 3 aromatic carbocycles. The molecule has 1 amide bonds. The summed E-state index contributed by atoms with van der Waals surface area (Å²) in [4.78, 5) is 20.2. The van der Waals surface area contributed by atoms with Crippen LogP contribution in [0.4, 0.5) is 5.69 Å². The van der Waals surface area contributed by atoms with Crippen LogP contribution in [0.2, 0.25) is 0 Å². The van der Waals surface area contributed by atoms with E-state index >= 15 is 0 Å². The van der Waals surface area contributed by atoms with Gasteiger partial charge in [-0.2, -0.15) is 11.8 Å². The van der Waals surface area contributed by atoms with Crippen LogP contribution in [0.25, 0.3) is 11.0 Å². The second-order valence-electron chi connectivity index (χ2n) is 7.76. The van der Waals surface area contributed by atoms with Crippen LogP contribution in [0.15, 0.2) is 88.3 Å². The quantitative estimate of drug-likeness (QED) is 0.288. The highest BCUT2D eigenvalue weighted by molar-refractivity contribution is 8.14. The van der Waals surface area contributed by atoms with Gasteiger partial charge in [0.2, 0.25) is 0 Å². The van der Waals surface area contributed by atoms with Crippen molar-refractivity contribution in [1.82, 2.24) is 4.90 Å². The molecule has 1 aliphatic heterocycles. The first-order valence-electron chi connectivity index (χ1n) is 11.0. The lowest BCUT2D eigenvalue weighted by atomic mass is 10.1. The van der Waals surface area contributed by atoms with Crippen LogP contribution in [-0.2, 0) is 11.5 Å². The topological polar surface area (TPSA) is 55.0 Å². The van der Waals surface area contributed by atoms with Crippen molar-refractivity contribution in [3.8, 4) is 5.75 Å². The molecular weight excluding hydrogens is 464 g/mol. The van der Waals surface area contributed by atoms with Crippen molar-refractivity contribution in [3.63, 3.8) is 0 Å². The Hall–Kier alpha value is -3.16. The van der Waals surface area contributed by atoms with Crippen molar-refractivity contribution >= 4 is 51.3 Å². The smallest absolute Gasteiger partial charge is 0.295 e. The Balaban J connectivity index is 1.44. The molecule has 0 atom stereocenters. The Morgan fingerprint density at radius 1 is 1.03 bits per heavy atom. The van der Waals surface area contributed by atoms with Crippen LogP contribution >= 0.6 is 23.5 Å². The van der Waals surface area contributed by atoms with E-state index in [2.05, 4.69) is 12.1 Å². The van der Waals surface area contributed by atoms with Gasteiger partial charge in [-0.3, -0.25) is 9.69 Å². The first kappa shape index (κ1) is 22.6. The lowest BCUT2D eigenvalue weighted by Gasteiger charge is -2.16. The van der Waals surface area contributed by atoms with Gasteiger partial charge in [0.25, 0.3) is 5.91 Å². The summed E-state index contributed by atoms with van der Waals surface area (Å²) in [6, 6.07) is 25.8. The number of amides is 1. The highest BCUT2D eigenvalue weighted by Crippen LogP contribution is 2.34. The van der Waals surface area contributed by atoms with Crippen LogP contribution in [0.5, 0.6) is 5.75 Å². The van der Waals surface area contributed by atoms with Crippen LogP contribution in [-0.4, -0.2) is 35.4 Å². The van der Waals surface area contributed by atoms with Crippen LogP contribution in [0.1, 0.15) is 21.7 Å². The molecular formula is C27H24N2O3S2. The van der Waals surface area contributed by atoms with Gasteiger partial charge in [-0.15, -0.1) is 0 Å². The fourth-order valence-corrected chi connectivity index (χ4v) is 5.86. The maximum absolute atomic E-state index is 13.7. The first-order chi connectivity index (χ1) is 16.7. The molecule has 2 heterocycles. The molecule has 5 rings (SSSR count). The van der Waals surface area contributed by atoms with Crippen molar-refractivity contribution in [2.45, 2.75) is 11.5 Å². The third-order valence-electron chi connectivity index (χ3n) is 5.57. The molecule has 0 spiro atoms. The van der Waals surface area contributed by atoms with E-state index in [0.29, 0.717) is 34.7 Å². The zero-order valence-electron chi connectivity index (χ0n) is 18.8. The Labute approximate surface area is 207 Å². The number of methoxy groups -OCH3 is 1. The normalized spacial score (nSPS) is 14.7. The van der Waals surface area contributed by atoms with E-state index in [1.54, 1.807) is 35.5 Å². The summed E-state index contributed by atoms with van der Waals surface area (Å²) in [7, 11) is 1.62. The van der Waals surface area contributed by atoms with E-state index in [4.69, 9.17) is 14.1 Å². The Morgan fingerprint density at radius 3 is 2.65 bits per heavy atom. The number of rotatable bonds is 7. The van der Waals surface area contributed by atoms with Gasteiger partial charge in [0.15, 0.2) is 10.9 Å². The summed E-state index contributed by atoms with van der Waals surface area (Å²) < 4.78 is 11.6. The average molecular weight is 489 g/mol. The number of carbonyl (C=O) groups is 1. The minimum atomic E-state index is -0.148. The van der Waals surface area contributed by atoms with Gasteiger partial charge in [-0.25, -0.2) is 4.99 Å². The molecule has 34 heavy (non-hydrogen) atoms. The van der Waals surface area contributed by atoms with E-state index in [9.17, 15) is 4.79 Å². The summed E-state index contributed by atoms with van der Waals surface area (Å²) in [6.07, 6.45) is 0. The Kier molecular flexibility index (Phi) is 6.92. The number of fused-ring (bicyclic) bond motifs is 1. The maximum Gasteiger partial charge on any atom is 0.295 e. The summed E-state index contributed by atoms with van der Waals surface area (Å²) in [5.41, 5.74) is 3.64. The number of nitrogens with zero attached hydrogens (tertiary/aromatic N) is 2. The second kappa shape index (κ2) is 10.4. The number of para-hydroxylation sites is 3. The zero-order valence-corrected chi connectivity index (χ0v) is 20.4. The molecule has 7 heteroatoms. The van der Waals surface area contributed by atoms with Crippen molar-refractivity contribution < 1.29 is 13.9 Å². The molecule has 1 saturated heterocycles. The number of carbonyl (C=O) groups excluding carboxylic acids is 1. The number of hydrogen-bond acceptors (Lipinski definition) is 6. The molecule has 4 aromatic rings. The number of furan rings is 1. The fourth-order valence-electron chi connectivity index (χ4n) is 3.89. The predicted molar refractivity (Wildman–Crippen MR) is 141 cm³/mol. The number of benzene rings is 3. The molecule has 172 valence electrons. The van der Waals surface area contributed by atoms with Gasteiger partial charge in [0.05, 0.1) is 7.11 Å². The lowest BCUT2D eigenvalue weighted by molar-refractivity contribution is 0.0830. The minimum Gasteiger partial charge on any atom is -0.494 e. The molecule has 0 radical (unpaired) electrons. The Bertz CT molecular complexity index is 1330. The van der Waals surface area contributed by atoms with Crippen molar-refractivity contribution in [2.75, 3.05) is 19.4 Å². The van der Waals surface area contributed by atoms with E-state index in [-0.39, 0.29) is 5.91 Å². The molecule has 1 aromatic heterocycles. The predicted octanol–water partition coefficient (Wildman–Crippen LogP) is 6.75. The van der Waals surface area contributed by atoms with Gasteiger partial charge in [-0.05, 0) is 23.8 Å². The number of ether oxygens (including phenoxy) is 1. The van der Waals surface area contributed by atoms with Crippen molar-refractivity contribution in [2.24, 2.45) is 4.99 Å². The van der Waals surface area contributed by atoms with E-state index in [1.165, 1.54) is 5.56 Å². The molecule has 5 nitrogen and oxygen atoms in total. The van der Waals surface area contributed by atoms with Crippen LogP contribution < -0.4 is 4.74 Å². The highest BCUT2D eigenvalue weighted by Gasteiger charge is 2.31. The minimum absolute atomic E-state index is 0.148. The number of hydrogen-bond donors (Lipinski definition) is 0. The van der Waals surface area contributed by atoms with Crippen molar-refractivity contribution in [1.29, 1.82) is 0 Å². The summed E-state index contributed by atoms with van der Waals surface area (Å²) in [5.74, 6) is 3.28. The van der Waals surface area contributed by atoms with E-state index in [1.807, 2.05) is 66.7 Å². The van der Waals surface area contributed by atoms with Gasteiger partial charge >= 0.3 is 0 Å². The zero-order chi connectivity index (χ0) is 23.3. The highest BCUT2D eigenvalue weighted by atomic mass is 32.2. The monoisotopic (exact) mass is 488 g/mol. The molecule has 0 aliphatic carbocycles. The molecule has 0 saturated carbocycles. The standard InChI is InChI=1S/C27H24N2O3S2/c1-31-24-14-8-6-12-22(24)28-27-29(15-16-34-27)26(30)25-21(20-11-5-7-13-23(20)32-25)18-33-17-19-9-3-2-4-10-19/h2-14H,15-18H2,1H3. The number of amidine groups is 1. The number of aliphatic imine (C=N–C) groups is 1. The van der Waals surface area contributed by atoms with E-state index < -0.39 is 0 Å². The second-order valence-corrected chi connectivity index (χ2v) is 9.80. The number of thioether (sulfide) groups is 2. The first-order valence-corrected chi connectivity index (χ1v) is 13.2. The summed E-state index contributed by atoms with van der Waals surface area (Å²) in [6.45, 7) is 0.588. The average Bonchev–Trinajstić information content (AvgIpc) is 3.49. The molecule has 0 N–H and O–H groups in total. The Morgan fingerprint density at radius 2 is 1.79 bits per heavy atom. The SMILES string of the molecule is COc1ccccc1N=C1SCCN1C(=O)c1oc2ccccc2c1CSCc1ccccc1.